The molecule has 2 rings (SSSR count). The molecule has 1 heterocycles. The molecule has 5 nitrogen and oxygen atoms in total. The molecule has 0 saturated carbocycles. The van der Waals surface area contributed by atoms with Crippen LogP contribution in [0.25, 0.3) is 0 Å². The van der Waals surface area contributed by atoms with E-state index < -0.39 is 15.8 Å². The number of anilines is 2. The van der Waals surface area contributed by atoms with E-state index in [0.29, 0.717) is 0 Å². The van der Waals surface area contributed by atoms with E-state index in [1.807, 2.05) is 0 Å². The Balaban J connectivity index is 2.47. The minimum Gasteiger partial charge on any atom is -0.398 e. The second-order valence-electron chi connectivity index (χ2n) is 3.75. The third kappa shape index (κ3) is 3.02. The Morgan fingerprint density at radius 3 is 2.75 bits per heavy atom. The molecule has 0 unspecified atom stereocenters. The normalized spacial score (nSPS) is 11.3. The van der Waals surface area contributed by atoms with Gasteiger partial charge in [-0.25, -0.2) is 17.8 Å². The van der Waals surface area contributed by atoms with Crippen LogP contribution in [0.15, 0.2) is 39.8 Å². The smallest absolute Gasteiger partial charge is 0.264 e. The molecule has 0 bridgehead atoms. The second kappa shape index (κ2) is 5.55. The lowest BCUT2D eigenvalue weighted by atomic mass is 10.3. The molecular weight excluding hydrogens is 373 g/mol. The van der Waals surface area contributed by atoms with E-state index in [-0.39, 0.29) is 25.9 Å². The lowest BCUT2D eigenvalue weighted by molar-refractivity contribution is 0.599. The topological polar surface area (TPSA) is 85.1 Å². The molecule has 20 heavy (non-hydrogen) atoms. The van der Waals surface area contributed by atoms with E-state index in [4.69, 9.17) is 17.3 Å². The monoisotopic (exact) mass is 379 g/mol. The average molecular weight is 381 g/mol. The van der Waals surface area contributed by atoms with Crippen molar-refractivity contribution in [3.63, 3.8) is 0 Å². The molecule has 0 spiro atoms. The minimum absolute atomic E-state index is 0.00387. The number of nitrogens with two attached hydrogens (primary N) is 1. The number of aromatic nitrogens is 1. The first-order valence-corrected chi connectivity index (χ1v) is 7.84. The molecule has 1 aromatic carbocycles. The van der Waals surface area contributed by atoms with Crippen LogP contribution in [-0.4, -0.2) is 13.4 Å². The van der Waals surface area contributed by atoms with Crippen LogP contribution < -0.4 is 10.5 Å². The first-order valence-electron chi connectivity index (χ1n) is 5.19. The fourth-order valence-corrected chi connectivity index (χ4v) is 3.36. The van der Waals surface area contributed by atoms with Gasteiger partial charge in [0.1, 0.15) is 10.7 Å². The maximum Gasteiger partial charge on any atom is 0.264 e. The molecule has 0 radical (unpaired) electrons. The summed E-state index contributed by atoms with van der Waals surface area (Å²) in [7, 11) is -4.00. The highest BCUT2D eigenvalue weighted by atomic mass is 79.9. The molecular formula is C11H8BrClFN3O2S. The SMILES string of the molecule is Nc1cc(F)c(Br)cc1S(=O)(=O)Nc1cccnc1Cl. The Morgan fingerprint density at radius 2 is 2.10 bits per heavy atom. The molecule has 2 aromatic rings. The zero-order valence-electron chi connectivity index (χ0n) is 9.77. The van der Waals surface area contributed by atoms with Crippen molar-refractivity contribution in [2.45, 2.75) is 4.90 Å². The van der Waals surface area contributed by atoms with Crippen LogP contribution in [0.5, 0.6) is 0 Å². The largest absolute Gasteiger partial charge is 0.398 e. The van der Waals surface area contributed by atoms with Gasteiger partial charge in [0.15, 0.2) is 5.15 Å². The van der Waals surface area contributed by atoms with Crippen LogP contribution >= 0.6 is 27.5 Å². The van der Waals surface area contributed by atoms with E-state index in [1.165, 1.54) is 18.3 Å². The zero-order chi connectivity index (χ0) is 14.9. The first kappa shape index (κ1) is 15.0. The number of hydrogen-bond donors (Lipinski definition) is 2. The third-order valence-electron chi connectivity index (χ3n) is 2.35. The Hall–Kier alpha value is -1.38. The summed E-state index contributed by atoms with van der Waals surface area (Å²) in [6.45, 7) is 0. The van der Waals surface area contributed by atoms with Gasteiger partial charge in [-0.2, -0.15) is 0 Å². The van der Waals surface area contributed by atoms with Crippen LogP contribution in [0, 0.1) is 5.82 Å². The van der Waals surface area contributed by atoms with Gasteiger partial charge in [-0.05, 0) is 40.2 Å². The minimum atomic E-state index is -4.00. The molecule has 0 aliphatic carbocycles. The number of nitrogens with zero attached hydrogens (tertiary/aromatic N) is 1. The van der Waals surface area contributed by atoms with Crippen molar-refractivity contribution >= 4 is 48.9 Å². The Kier molecular flexibility index (Phi) is 4.17. The van der Waals surface area contributed by atoms with Gasteiger partial charge in [0, 0.05) is 6.20 Å². The molecule has 3 N–H and O–H groups in total. The van der Waals surface area contributed by atoms with Crippen LogP contribution in [0.3, 0.4) is 0 Å². The number of nitrogen functional groups attached to an aromatic ring is 1. The van der Waals surface area contributed by atoms with Crippen molar-refractivity contribution in [2.24, 2.45) is 0 Å². The summed E-state index contributed by atoms with van der Waals surface area (Å²) in [5.41, 5.74) is 5.44. The van der Waals surface area contributed by atoms with E-state index in [2.05, 4.69) is 25.6 Å². The molecule has 9 heteroatoms. The predicted molar refractivity (Wildman–Crippen MR) is 78.6 cm³/mol. The summed E-state index contributed by atoms with van der Waals surface area (Å²) < 4.78 is 39.9. The fraction of sp³-hybridized carbons (Fsp3) is 0. The molecule has 0 amide bonds. The molecule has 1 aromatic heterocycles. The fourth-order valence-electron chi connectivity index (χ4n) is 1.44. The standard InChI is InChI=1S/C11H8BrClFN3O2S/c12-6-4-10(8(15)5-7(6)14)20(18,19)17-9-2-1-3-16-11(9)13/h1-5,17H,15H2. The van der Waals surface area contributed by atoms with E-state index in [9.17, 15) is 12.8 Å². The van der Waals surface area contributed by atoms with Gasteiger partial charge < -0.3 is 5.73 Å². The number of pyridine rings is 1. The van der Waals surface area contributed by atoms with Gasteiger partial charge >= 0.3 is 0 Å². The predicted octanol–water partition coefficient (Wildman–Crippen LogP) is 3.02. The van der Waals surface area contributed by atoms with Crippen molar-refractivity contribution in [1.29, 1.82) is 0 Å². The van der Waals surface area contributed by atoms with Gasteiger partial charge in [0.2, 0.25) is 0 Å². The Bertz CT molecular complexity index is 770. The van der Waals surface area contributed by atoms with Crippen molar-refractivity contribution in [2.75, 3.05) is 10.5 Å². The van der Waals surface area contributed by atoms with Crippen LogP contribution in [0.2, 0.25) is 5.15 Å². The highest BCUT2D eigenvalue weighted by molar-refractivity contribution is 9.10. The highest BCUT2D eigenvalue weighted by Crippen LogP contribution is 2.29. The van der Waals surface area contributed by atoms with Crippen molar-refractivity contribution in [3.8, 4) is 0 Å². The molecule has 0 aliphatic heterocycles. The summed E-state index contributed by atoms with van der Waals surface area (Å²) >= 11 is 8.69. The van der Waals surface area contributed by atoms with Gasteiger partial charge in [-0.1, -0.05) is 11.6 Å². The van der Waals surface area contributed by atoms with Gasteiger partial charge in [0.25, 0.3) is 10.0 Å². The molecule has 0 fully saturated rings. The van der Waals surface area contributed by atoms with E-state index >= 15 is 0 Å². The summed E-state index contributed by atoms with van der Waals surface area (Å²) in [4.78, 5) is 3.49. The Labute approximate surface area is 128 Å². The number of nitrogens with one attached hydrogen (secondary N) is 1. The maximum absolute atomic E-state index is 13.3. The lowest BCUT2D eigenvalue weighted by Gasteiger charge is -2.11. The number of hydrogen-bond acceptors (Lipinski definition) is 4. The van der Waals surface area contributed by atoms with E-state index in [1.54, 1.807) is 0 Å². The summed E-state index contributed by atoms with van der Waals surface area (Å²) in [6, 6.07) is 4.97. The van der Waals surface area contributed by atoms with Gasteiger partial charge in [-0.15, -0.1) is 0 Å². The number of sulfonamides is 1. The third-order valence-corrected chi connectivity index (χ3v) is 4.68. The highest BCUT2D eigenvalue weighted by Gasteiger charge is 2.21. The lowest BCUT2D eigenvalue weighted by Crippen LogP contribution is -2.15. The maximum atomic E-state index is 13.3. The molecule has 106 valence electrons. The summed E-state index contributed by atoms with van der Waals surface area (Å²) in [5, 5.41) is -0.00387. The van der Waals surface area contributed by atoms with Crippen molar-refractivity contribution < 1.29 is 12.8 Å². The molecule has 0 atom stereocenters. The number of rotatable bonds is 3. The zero-order valence-corrected chi connectivity index (χ0v) is 12.9. The quantitative estimate of drug-likeness (QED) is 0.633. The Morgan fingerprint density at radius 1 is 1.40 bits per heavy atom. The van der Waals surface area contributed by atoms with Crippen LogP contribution in [0.4, 0.5) is 15.8 Å². The van der Waals surface area contributed by atoms with Crippen molar-refractivity contribution in [1.82, 2.24) is 4.98 Å². The van der Waals surface area contributed by atoms with E-state index in [0.717, 1.165) is 12.1 Å². The summed E-state index contributed by atoms with van der Waals surface area (Å²) in [6.07, 6.45) is 1.42. The van der Waals surface area contributed by atoms with Gasteiger partial charge in [-0.3, -0.25) is 4.72 Å². The number of halogens is 3. The average Bonchev–Trinajstić information content (AvgIpc) is 2.36. The molecule has 0 saturated heterocycles. The number of benzene rings is 1. The molecule has 0 aliphatic rings. The second-order valence-corrected chi connectivity index (χ2v) is 6.61. The van der Waals surface area contributed by atoms with Crippen LogP contribution in [-0.2, 0) is 10.0 Å². The van der Waals surface area contributed by atoms with Crippen molar-refractivity contribution in [3.05, 3.63) is 45.9 Å². The summed E-state index contributed by atoms with van der Waals surface area (Å²) in [5.74, 6) is -0.652. The van der Waals surface area contributed by atoms with Crippen LogP contribution in [0.1, 0.15) is 0 Å². The first-order chi connectivity index (χ1) is 9.31. The van der Waals surface area contributed by atoms with Gasteiger partial charge in [0.05, 0.1) is 15.8 Å².